The number of anilines is 1. The Kier molecular flexibility index (Phi) is 6.50. The second-order valence-corrected chi connectivity index (χ2v) is 6.63. The number of alkyl halides is 3. The second kappa shape index (κ2) is 8.38. The average Bonchev–Trinajstić information content (AvgIpc) is 2.93. The standard InChI is InChI=1S/C18H18F6N4O2/c1-4-8(15(28(3)25)18(22,23)24)9-7-27(2)17(30)12(9)16(29)26-11-6-5-10(19)13(20)14(11)21/h4-6,9,12H,1,7,25H2,2-3H3,(H,26,29)/b15-8+/t9-,12+/m1/s1. The first kappa shape index (κ1) is 23.3. The topological polar surface area (TPSA) is 78.7 Å². The highest BCUT2D eigenvalue weighted by molar-refractivity contribution is 6.08. The molecule has 0 radical (unpaired) electrons. The van der Waals surface area contributed by atoms with Crippen molar-refractivity contribution in [1.82, 2.24) is 9.91 Å². The van der Waals surface area contributed by atoms with Gasteiger partial charge in [-0.3, -0.25) is 9.59 Å². The number of likely N-dealkylation sites (tertiary alicyclic amines) is 1. The van der Waals surface area contributed by atoms with Gasteiger partial charge in [-0.15, -0.1) is 0 Å². The molecule has 2 amide bonds. The highest BCUT2D eigenvalue weighted by atomic mass is 19.4. The lowest BCUT2D eigenvalue weighted by Gasteiger charge is -2.26. The second-order valence-electron chi connectivity index (χ2n) is 6.63. The Balaban J connectivity index is 2.51. The Hall–Kier alpha value is -3.02. The number of allylic oxidation sites excluding steroid dienone is 2. The van der Waals surface area contributed by atoms with Crippen molar-refractivity contribution in [3.8, 4) is 0 Å². The molecular weight excluding hydrogens is 418 g/mol. The van der Waals surface area contributed by atoms with Crippen LogP contribution in [0.2, 0.25) is 0 Å². The van der Waals surface area contributed by atoms with E-state index >= 15 is 0 Å². The molecule has 1 saturated heterocycles. The normalized spacial score (nSPS) is 20.2. The molecule has 3 N–H and O–H groups in total. The molecule has 0 aliphatic carbocycles. The summed E-state index contributed by atoms with van der Waals surface area (Å²) in [5.74, 6) is -4.85. The molecule has 0 spiro atoms. The number of nitrogens with zero attached hydrogens (tertiary/aromatic N) is 2. The summed E-state index contributed by atoms with van der Waals surface area (Å²) in [6.45, 7) is 3.05. The van der Waals surface area contributed by atoms with Gasteiger partial charge in [-0.25, -0.2) is 19.0 Å². The van der Waals surface area contributed by atoms with Crippen molar-refractivity contribution in [3.05, 3.63) is 53.5 Å². The minimum absolute atomic E-state index is 0.286. The first-order chi connectivity index (χ1) is 13.8. The van der Waals surface area contributed by atoms with Gasteiger partial charge in [-0.1, -0.05) is 12.7 Å². The van der Waals surface area contributed by atoms with Gasteiger partial charge < -0.3 is 15.2 Å². The fraction of sp³-hybridized carbons (Fsp3) is 0.333. The average molecular weight is 436 g/mol. The first-order valence-electron chi connectivity index (χ1n) is 8.42. The number of benzene rings is 1. The van der Waals surface area contributed by atoms with Crippen LogP contribution in [-0.2, 0) is 9.59 Å². The lowest BCUT2D eigenvalue weighted by atomic mass is 9.86. The lowest BCUT2D eigenvalue weighted by molar-refractivity contribution is -0.135. The maximum absolute atomic E-state index is 13.9. The third kappa shape index (κ3) is 4.27. The third-order valence-electron chi connectivity index (χ3n) is 4.60. The van der Waals surface area contributed by atoms with Gasteiger partial charge >= 0.3 is 6.18 Å². The van der Waals surface area contributed by atoms with Gasteiger partial charge in [-0.2, -0.15) is 13.2 Å². The molecule has 2 rings (SSSR count). The maximum atomic E-state index is 13.9. The van der Waals surface area contributed by atoms with Gasteiger partial charge in [0.05, 0.1) is 5.69 Å². The minimum atomic E-state index is -4.93. The van der Waals surface area contributed by atoms with E-state index in [1.807, 2.05) is 5.32 Å². The van der Waals surface area contributed by atoms with Crippen molar-refractivity contribution in [2.75, 3.05) is 26.0 Å². The van der Waals surface area contributed by atoms with Crippen molar-refractivity contribution in [2.45, 2.75) is 6.18 Å². The summed E-state index contributed by atoms with van der Waals surface area (Å²) < 4.78 is 80.9. The summed E-state index contributed by atoms with van der Waals surface area (Å²) in [4.78, 5) is 26.2. The summed E-state index contributed by atoms with van der Waals surface area (Å²) in [5.41, 5.74) is -2.60. The van der Waals surface area contributed by atoms with E-state index in [1.54, 1.807) is 0 Å². The number of hydrazine groups is 1. The molecule has 30 heavy (non-hydrogen) atoms. The first-order valence-corrected chi connectivity index (χ1v) is 8.42. The smallest absolute Gasteiger partial charge is 0.344 e. The molecular formula is C18H18F6N4O2. The highest BCUT2D eigenvalue weighted by Gasteiger charge is 2.48. The van der Waals surface area contributed by atoms with E-state index in [1.165, 1.54) is 7.05 Å². The van der Waals surface area contributed by atoms with E-state index in [4.69, 9.17) is 5.84 Å². The van der Waals surface area contributed by atoms with Crippen molar-refractivity contribution in [1.29, 1.82) is 0 Å². The molecule has 0 unspecified atom stereocenters. The molecule has 0 saturated carbocycles. The largest absolute Gasteiger partial charge is 0.432 e. The zero-order valence-corrected chi connectivity index (χ0v) is 15.9. The molecule has 12 heteroatoms. The van der Waals surface area contributed by atoms with E-state index in [9.17, 15) is 35.9 Å². The van der Waals surface area contributed by atoms with Gasteiger partial charge in [0.15, 0.2) is 17.5 Å². The minimum Gasteiger partial charge on any atom is -0.344 e. The molecule has 1 aromatic rings. The molecule has 2 atom stereocenters. The number of halogens is 6. The van der Waals surface area contributed by atoms with Crippen LogP contribution in [0.4, 0.5) is 32.0 Å². The van der Waals surface area contributed by atoms with E-state index in [0.29, 0.717) is 11.1 Å². The number of rotatable bonds is 5. The van der Waals surface area contributed by atoms with Crippen molar-refractivity contribution in [2.24, 2.45) is 17.7 Å². The SMILES string of the molecule is C=C/C(=C(\N(C)N)C(F)(F)F)[C@H]1CN(C)C(=O)[C@@H]1C(=O)Nc1ccc(F)c(F)c1F. The molecule has 164 valence electrons. The zero-order valence-electron chi connectivity index (χ0n) is 15.9. The fourth-order valence-electron chi connectivity index (χ4n) is 3.30. The molecule has 0 aromatic heterocycles. The van der Waals surface area contributed by atoms with Crippen LogP contribution in [0.15, 0.2) is 36.1 Å². The maximum Gasteiger partial charge on any atom is 0.432 e. The van der Waals surface area contributed by atoms with Crippen LogP contribution >= 0.6 is 0 Å². The number of carbonyl (C=O) groups excluding carboxylic acids is 2. The summed E-state index contributed by atoms with van der Waals surface area (Å²) in [7, 11) is 2.19. The quantitative estimate of drug-likeness (QED) is 0.186. The monoisotopic (exact) mass is 436 g/mol. The molecule has 6 nitrogen and oxygen atoms in total. The number of hydrogen-bond acceptors (Lipinski definition) is 4. The van der Waals surface area contributed by atoms with Crippen LogP contribution in [0, 0.1) is 29.3 Å². The van der Waals surface area contributed by atoms with Crippen LogP contribution in [0.5, 0.6) is 0 Å². The van der Waals surface area contributed by atoms with E-state index in [2.05, 4.69) is 6.58 Å². The van der Waals surface area contributed by atoms with Gasteiger partial charge in [-0.05, 0) is 17.7 Å². The molecule has 1 heterocycles. The predicted octanol–water partition coefficient (Wildman–Crippen LogP) is 2.55. The zero-order chi connectivity index (χ0) is 23.0. The third-order valence-corrected chi connectivity index (χ3v) is 4.60. The van der Waals surface area contributed by atoms with Crippen molar-refractivity contribution >= 4 is 17.5 Å². The van der Waals surface area contributed by atoms with Crippen LogP contribution in [0.25, 0.3) is 0 Å². The van der Waals surface area contributed by atoms with Crippen LogP contribution in [0.3, 0.4) is 0 Å². The predicted molar refractivity (Wildman–Crippen MR) is 94.8 cm³/mol. The highest BCUT2D eigenvalue weighted by Crippen LogP contribution is 2.38. The number of nitrogens with two attached hydrogens (primary N) is 1. The van der Waals surface area contributed by atoms with Crippen molar-refractivity contribution in [3.63, 3.8) is 0 Å². The van der Waals surface area contributed by atoms with Crippen molar-refractivity contribution < 1.29 is 35.9 Å². The lowest BCUT2D eigenvalue weighted by Crippen LogP contribution is -2.38. The van der Waals surface area contributed by atoms with E-state index in [0.717, 1.165) is 24.1 Å². The van der Waals surface area contributed by atoms with Crippen LogP contribution in [-0.4, -0.2) is 48.5 Å². The molecule has 1 fully saturated rings. The molecule has 1 aliphatic rings. The number of hydrogen-bond donors (Lipinski definition) is 2. The Morgan fingerprint density at radius 3 is 2.40 bits per heavy atom. The van der Waals surface area contributed by atoms with Gasteiger partial charge in [0.1, 0.15) is 11.6 Å². The summed E-state index contributed by atoms with van der Waals surface area (Å²) in [6, 6.07) is 1.27. The Bertz CT molecular complexity index is 913. The van der Waals surface area contributed by atoms with Gasteiger partial charge in [0.2, 0.25) is 11.8 Å². The van der Waals surface area contributed by atoms with Gasteiger partial charge in [0, 0.05) is 26.6 Å². The van der Waals surface area contributed by atoms with Crippen LogP contribution in [0.1, 0.15) is 0 Å². The molecule has 0 bridgehead atoms. The number of amides is 2. The Morgan fingerprint density at radius 1 is 1.30 bits per heavy atom. The summed E-state index contributed by atoms with van der Waals surface area (Å²) in [5, 5.41) is 2.23. The van der Waals surface area contributed by atoms with E-state index in [-0.39, 0.29) is 6.54 Å². The molecule has 1 aliphatic heterocycles. The summed E-state index contributed by atoms with van der Waals surface area (Å²) in [6.07, 6.45) is -4.09. The van der Waals surface area contributed by atoms with E-state index < -0.39 is 64.2 Å². The van der Waals surface area contributed by atoms with Gasteiger partial charge in [0.25, 0.3) is 0 Å². The number of nitrogens with one attached hydrogen (secondary N) is 1. The molecule has 1 aromatic carbocycles. The number of carbonyl (C=O) groups is 2. The Labute approximate surface area is 167 Å². The fourth-order valence-corrected chi connectivity index (χ4v) is 3.30. The Morgan fingerprint density at radius 2 is 1.90 bits per heavy atom. The summed E-state index contributed by atoms with van der Waals surface area (Å²) >= 11 is 0. The van der Waals surface area contributed by atoms with Crippen LogP contribution < -0.4 is 11.2 Å².